The van der Waals surface area contributed by atoms with E-state index in [0.717, 1.165) is 25.7 Å². The summed E-state index contributed by atoms with van der Waals surface area (Å²) < 4.78 is 47.8. The van der Waals surface area contributed by atoms with Crippen LogP contribution in [0.4, 0.5) is 4.39 Å². The van der Waals surface area contributed by atoms with Crippen molar-refractivity contribution >= 4 is 38.9 Å². The van der Waals surface area contributed by atoms with Crippen molar-refractivity contribution in [3.63, 3.8) is 0 Å². The van der Waals surface area contributed by atoms with E-state index in [4.69, 9.17) is 27.9 Å². The van der Waals surface area contributed by atoms with Crippen LogP contribution in [-0.2, 0) is 33.4 Å². The van der Waals surface area contributed by atoms with Crippen LogP contribution in [-0.4, -0.2) is 48.0 Å². The normalized spacial score (nSPS) is 17.6. The highest BCUT2D eigenvalue weighted by Crippen LogP contribution is 2.32. The molecule has 1 aliphatic heterocycles. The molecule has 2 fully saturated rings. The van der Waals surface area contributed by atoms with Gasteiger partial charge in [0.25, 0.3) is 5.91 Å². The lowest BCUT2D eigenvalue weighted by molar-refractivity contribution is 0.0723. The third kappa shape index (κ3) is 6.39. The van der Waals surface area contributed by atoms with Crippen molar-refractivity contribution in [3.05, 3.63) is 81.3 Å². The number of imidazole rings is 1. The molecule has 0 radical (unpaired) electrons. The molecule has 1 unspecified atom stereocenters. The average molecular weight is 581 g/mol. The molecule has 11 heteroatoms. The number of halogens is 3. The zero-order chi connectivity index (χ0) is 26.9. The summed E-state index contributed by atoms with van der Waals surface area (Å²) in [6, 6.07) is 10.1. The van der Waals surface area contributed by atoms with Gasteiger partial charge in [-0.25, -0.2) is 17.8 Å². The Morgan fingerprint density at radius 3 is 2.55 bits per heavy atom. The van der Waals surface area contributed by atoms with E-state index in [1.165, 1.54) is 36.5 Å². The number of carbonyl (C=O) groups excluding carboxylic acids is 1. The van der Waals surface area contributed by atoms with Crippen molar-refractivity contribution in [3.8, 4) is 0 Å². The van der Waals surface area contributed by atoms with Crippen LogP contribution in [0.25, 0.3) is 0 Å². The van der Waals surface area contributed by atoms with Crippen LogP contribution in [0, 0.1) is 11.7 Å². The molecular formula is C27H28Cl2FN3O4S. The standard InChI is InChI=1S/C27H28Cl2FN3O4S/c28-20-7-10-24(25(29)12-20)26(34)32(14-18-3-4-18)15-22-13-31-27(33(22)16-23-2-1-11-37-23)38(35,36)17-19-5-8-21(30)9-6-19/h5-10,12-13,18,23H,1-4,11,14-17H2. The number of amides is 1. The van der Waals surface area contributed by atoms with E-state index in [2.05, 4.69) is 4.98 Å². The first kappa shape index (κ1) is 27.1. The fraction of sp³-hybridized carbons (Fsp3) is 0.407. The minimum atomic E-state index is -3.87. The number of hydrogen-bond donors (Lipinski definition) is 0. The molecule has 1 saturated heterocycles. The maximum atomic E-state index is 13.6. The Bertz CT molecular complexity index is 1420. The number of carbonyl (C=O) groups is 1. The smallest absolute Gasteiger partial charge is 0.255 e. The van der Waals surface area contributed by atoms with Crippen LogP contribution >= 0.6 is 23.2 Å². The average Bonchev–Trinajstić information content (AvgIpc) is 3.36. The number of aromatic nitrogens is 2. The molecule has 1 saturated carbocycles. The van der Waals surface area contributed by atoms with Crippen LogP contribution in [0.1, 0.15) is 47.3 Å². The van der Waals surface area contributed by atoms with Crippen LogP contribution in [0.3, 0.4) is 0 Å². The number of rotatable bonds is 10. The second-order valence-corrected chi connectivity index (χ2v) is 12.6. The van der Waals surface area contributed by atoms with Crippen molar-refractivity contribution in [2.75, 3.05) is 13.2 Å². The fourth-order valence-electron chi connectivity index (χ4n) is 4.68. The number of sulfone groups is 1. The molecule has 2 aliphatic rings. The summed E-state index contributed by atoms with van der Waals surface area (Å²) >= 11 is 12.4. The van der Waals surface area contributed by atoms with E-state index in [1.54, 1.807) is 21.6 Å². The third-order valence-electron chi connectivity index (χ3n) is 6.84. The van der Waals surface area contributed by atoms with E-state index >= 15 is 0 Å². The lowest BCUT2D eigenvalue weighted by Gasteiger charge is -2.25. The highest BCUT2D eigenvalue weighted by atomic mass is 35.5. The number of benzene rings is 2. The van der Waals surface area contributed by atoms with Crippen molar-refractivity contribution < 1.29 is 22.3 Å². The summed E-state index contributed by atoms with van der Waals surface area (Å²) in [6.07, 6.45) is 5.13. The van der Waals surface area contributed by atoms with Crippen LogP contribution in [0.15, 0.2) is 53.8 Å². The topological polar surface area (TPSA) is 81.5 Å². The fourth-order valence-corrected chi connectivity index (χ4v) is 6.67. The lowest BCUT2D eigenvalue weighted by Crippen LogP contribution is -2.34. The summed E-state index contributed by atoms with van der Waals surface area (Å²) in [7, 11) is -3.87. The van der Waals surface area contributed by atoms with Gasteiger partial charge in [-0.05, 0) is 67.5 Å². The molecule has 0 bridgehead atoms. The zero-order valence-corrected chi connectivity index (χ0v) is 23.0. The highest BCUT2D eigenvalue weighted by molar-refractivity contribution is 7.90. The van der Waals surface area contributed by atoms with Gasteiger partial charge in [0.15, 0.2) is 0 Å². The first-order valence-corrected chi connectivity index (χ1v) is 15.0. The van der Waals surface area contributed by atoms with Gasteiger partial charge >= 0.3 is 0 Å². The van der Waals surface area contributed by atoms with Crippen molar-refractivity contribution in [1.82, 2.24) is 14.5 Å². The van der Waals surface area contributed by atoms with Crippen LogP contribution in [0.5, 0.6) is 0 Å². The van der Waals surface area contributed by atoms with Crippen molar-refractivity contribution in [1.29, 1.82) is 0 Å². The van der Waals surface area contributed by atoms with Crippen molar-refractivity contribution in [2.24, 2.45) is 5.92 Å². The van der Waals surface area contributed by atoms with Gasteiger partial charge in [0.05, 0.1) is 47.4 Å². The Morgan fingerprint density at radius 1 is 1.13 bits per heavy atom. The molecule has 3 aromatic rings. The maximum absolute atomic E-state index is 13.6. The molecule has 5 rings (SSSR count). The van der Waals surface area contributed by atoms with Gasteiger partial charge in [-0.3, -0.25) is 4.79 Å². The van der Waals surface area contributed by atoms with Gasteiger partial charge in [0, 0.05) is 18.2 Å². The molecule has 0 N–H and O–H groups in total. The highest BCUT2D eigenvalue weighted by Gasteiger charge is 2.31. The Morgan fingerprint density at radius 2 is 1.89 bits per heavy atom. The summed E-state index contributed by atoms with van der Waals surface area (Å²) in [6.45, 7) is 1.62. The summed E-state index contributed by atoms with van der Waals surface area (Å²) in [5.74, 6) is -0.615. The Balaban J connectivity index is 1.47. The van der Waals surface area contributed by atoms with Gasteiger partial charge in [-0.2, -0.15) is 0 Å². The molecular weight excluding hydrogens is 552 g/mol. The van der Waals surface area contributed by atoms with Gasteiger partial charge < -0.3 is 14.2 Å². The molecule has 0 spiro atoms. The summed E-state index contributed by atoms with van der Waals surface area (Å²) in [4.78, 5) is 19.6. The van der Waals surface area contributed by atoms with Crippen molar-refractivity contribution in [2.45, 2.75) is 55.8 Å². The maximum Gasteiger partial charge on any atom is 0.255 e. The number of ether oxygens (including phenoxy) is 1. The van der Waals surface area contributed by atoms with Gasteiger partial charge in [-0.15, -0.1) is 0 Å². The van der Waals surface area contributed by atoms with E-state index in [0.29, 0.717) is 47.5 Å². The third-order valence-corrected chi connectivity index (χ3v) is 8.98. The molecule has 1 atom stereocenters. The van der Waals surface area contributed by atoms with Crippen LogP contribution in [0.2, 0.25) is 10.0 Å². The van der Waals surface area contributed by atoms with Gasteiger partial charge in [0.2, 0.25) is 15.0 Å². The molecule has 38 heavy (non-hydrogen) atoms. The molecule has 202 valence electrons. The minimum Gasteiger partial charge on any atom is -0.376 e. The second-order valence-electron chi connectivity index (χ2n) is 9.92. The first-order chi connectivity index (χ1) is 18.2. The second kappa shape index (κ2) is 11.3. The Hall–Kier alpha value is -2.46. The van der Waals surface area contributed by atoms with Gasteiger partial charge in [0.1, 0.15) is 5.82 Å². The van der Waals surface area contributed by atoms with E-state index in [-0.39, 0.29) is 34.5 Å². The molecule has 1 amide bonds. The number of hydrogen-bond acceptors (Lipinski definition) is 5. The summed E-state index contributed by atoms with van der Waals surface area (Å²) in [5.41, 5.74) is 1.39. The van der Waals surface area contributed by atoms with E-state index < -0.39 is 15.7 Å². The first-order valence-electron chi connectivity index (χ1n) is 12.6. The largest absolute Gasteiger partial charge is 0.376 e. The number of nitrogens with zero attached hydrogens (tertiary/aromatic N) is 3. The molecule has 2 aromatic carbocycles. The SMILES string of the molecule is O=C(c1ccc(Cl)cc1Cl)N(Cc1cnc(S(=O)(=O)Cc2ccc(F)cc2)n1CC1CCCO1)CC1CC1. The molecule has 1 aromatic heterocycles. The van der Waals surface area contributed by atoms with Gasteiger partial charge in [-0.1, -0.05) is 35.3 Å². The minimum absolute atomic E-state index is 0.0873. The van der Waals surface area contributed by atoms with E-state index in [1.807, 2.05) is 0 Å². The monoisotopic (exact) mass is 579 g/mol. The molecule has 2 heterocycles. The molecule has 1 aliphatic carbocycles. The zero-order valence-electron chi connectivity index (χ0n) is 20.7. The lowest BCUT2D eigenvalue weighted by atomic mass is 10.1. The Kier molecular flexibility index (Phi) is 8.09. The van der Waals surface area contributed by atoms with E-state index in [9.17, 15) is 17.6 Å². The summed E-state index contributed by atoms with van der Waals surface area (Å²) in [5, 5.41) is 0.611. The molecule has 7 nitrogen and oxygen atoms in total. The predicted octanol–water partition coefficient (Wildman–Crippen LogP) is 5.53. The van der Waals surface area contributed by atoms with Crippen LogP contribution < -0.4 is 0 Å². The predicted molar refractivity (Wildman–Crippen MR) is 142 cm³/mol. The Labute approximate surface area is 231 Å². The quantitative estimate of drug-likeness (QED) is 0.315.